The molecule has 0 saturated heterocycles. The third-order valence-corrected chi connectivity index (χ3v) is 6.76. The van der Waals surface area contributed by atoms with E-state index >= 15 is 0 Å². The molecule has 4 rings (SSSR count). The van der Waals surface area contributed by atoms with Gasteiger partial charge in [0, 0.05) is 24.2 Å². The van der Waals surface area contributed by atoms with Gasteiger partial charge in [0.25, 0.3) is 5.91 Å². The van der Waals surface area contributed by atoms with Crippen LogP contribution in [0.3, 0.4) is 0 Å². The van der Waals surface area contributed by atoms with Crippen LogP contribution in [0.4, 0.5) is 5.13 Å². The molecule has 0 spiro atoms. The smallest absolute Gasteiger partial charge is 0.262 e. The first-order chi connectivity index (χ1) is 15.5. The number of nitrogens with one attached hydrogen (secondary N) is 1. The molecule has 8 nitrogen and oxygen atoms in total. The number of rotatable bonds is 6. The molecular formula is C22H18N6O2S2. The van der Waals surface area contributed by atoms with Crippen molar-refractivity contribution in [1.29, 1.82) is 5.26 Å². The second-order valence-corrected chi connectivity index (χ2v) is 9.11. The van der Waals surface area contributed by atoms with E-state index in [2.05, 4.69) is 26.6 Å². The number of pyridine rings is 2. The molecule has 0 atom stereocenters. The molecule has 0 unspecified atom stereocenters. The predicted molar refractivity (Wildman–Crippen MR) is 125 cm³/mol. The first-order valence-electron chi connectivity index (χ1n) is 9.76. The van der Waals surface area contributed by atoms with Crippen LogP contribution in [0.5, 0.6) is 0 Å². The monoisotopic (exact) mass is 462 g/mol. The summed E-state index contributed by atoms with van der Waals surface area (Å²) in [5, 5.41) is 20.4. The highest BCUT2D eigenvalue weighted by molar-refractivity contribution is 8.00. The van der Waals surface area contributed by atoms with Crippen LogP contribution >= 0.6 is 23.1 Å². The van der Waals surface area contributed by atoms with Crippen LogP contribution in [0.25, 0.3) is 11.0 Å². The van der Waals surface area contributed by atoms with Crippen molar-refractivity contribution in [3.63, 3.8) is 0 Å². The highest BCUT2D eigenvalue weighted by Crippen LogP contribution is 2.28. The Morgan fingerprint density at radius 1 is 1.22 bits per heavy atom. The lowest BCUT2D eigenvalue weighted by molar-refractivity contribution is 0.102. The predicted octanol–water partition coefficient (Wildman–Crippen LogP) is 3.99. The van der Waals surface area contributed by atoms with Crippen LogP contribution < -0.4 is 10.7 Å². The second kappa shape index (κ2) is 9.30. The van der Waals surface area contributed by atoms with E-state index in [-0.39, 0.29) is 11.0 Å². The zero-order valence-electron chi connectivity index (χ0n) is 17.3. The summed E-state index contributed by atoms with van der Waals surface area (Å²) < 4.78 is 2.48. The number of carbonyl (C=O) groups is 1. The van der Waals surface area contributed by atoms with Gasteiger partial charge >= 0.3 is 0 Å². The molecule has 0 bridgehead atoms. The van der Waals surface area contributed by atoms with E-state index in [1.54, 1.807) is 28.8 Å². The van der Waals surface area contributed by atoms with Crippen molar-refractivity contribution in [3.8, 4) is 6.07 Å². The van der Waals surface area contributed by atoms with Crippen LogP contribution in [0, 0.1) is 18.3 Å². The fourth-order valence-electron chi connectivity index (χ4n) is 3.07. The number of nitrogens with zero attached hydrogens (tertiary/aromatic N) is 5. The van der Waals surface area contributed by atoms with E-state index in [4.69, 9.17) is 5.26 Å². The lowest BCUT2D eigenvalue weighted by atomic mass is 10.1. The lowest BCUT2D eigenvalue weighted by Crippen LogP contribution is -2.24. The number of thioether (sulfide) groups is 1. The first-order valence-corrected chi connectivity index (χ1v) is 11.6. The van der Waals surface area contributed by atoms with Crippen LogP contribution in [-0.2, 0) is 12.3 Å². The zero-order chi connectivity index (χ0) is 22.7. The SMILES string of the molecule is CCn1cc(C(=O)Nc2nnc(SCc3ccc(C#N)cc3)s2)c(=O)c2ccc(C)nc21. The largest absolute Gasteiger partial charge is 0.332 e. The van der Waals surface area contributed by atoms with Crippen molar-refractivity contribution >= 4 is 45.2 Å². The molecule has 4 aromatic rings. The van der Waals surface area contributed by atoms with Gasteiger partial charge in [-0.25, -0.2) is 4.98 Å². The lowest BCUT2D eigenvalue weighted by Gasteiger charge is -2.10. The normalized spacial score (nSPS) is 10.8. The number of fused-ring (bicyclic) bond motifs is 1. The molecule has 0 fully saturated rings. The number of aromatic nitrogens is 4. The summed E-state index contributed by atoms with van der Waals surface area (Å²) >= 11 is 2.72. The molecule has 3 aromatic heterocycles. The highest BCUT2D eigenvalue weighted by atomic mass is 32.2. The summed E-state index contributed by atoms with van der Waals surface area (Å²) in [4.78, 5) is 30.1. The maximum Gasteiger partial charge on any atom is 0.262 e. The van der Waals surface area contributed by atoms with Gasteiger partial charge in [-0.2, -0.15) is 5.26 Å². The van der Waals surface area contributed by atoms with Crippen molar-refractivity contribution < 1.29 is 4.79 Å². The molecule has 32 heavy (non-hydrogen) atoms. The second-order valence-electron chi connectivity index (χ2n) is 6.91. The molecule has 1 N–H and O–H groups in total. The van der Waals surface area contributed by atoms with Crippen molar-refractivity contribution in [2.75, 3.05) is 5.32 Å². The Labute approximate surface area is 192 Å². The standard InChI is InChI=1S/C22H18N6O2S2/c1-3-28-11-17(18(29)16-9-4-13(2)24-19(16)28)20(30)25-21-26-27-22(32-21)31-12-15-7-5-14(10-23)6-8-15/h4-9,11H,3,12H2,1-2H3,(H,25,26,30). The average molecular weight is 463 g/mol. The van der Waals surface area contributed by atoms with Crippen molar-refractivity contribution in [2.24, 2.45) is 0 Å². The first kappa shape index (κ1) is 21.7. The highest BCUT2D eigenvalue weighted by Gasteiger charge is 2.18. The van der Waals surface area contributed by atoms with Gasteiger partial charge in [0.1, 0.15) is 11.2 Å². The number of carbonyl (C=O) groups excluding carboxylic acids is 1. The number of hydrogen-bond acceptors (Lipinski definition) is 8. The topological polar surface area (TPSA) is 114 Å². The van der Waals surface area contributed by atoms with Crippen molar-refractivity contribution in [1.82, 2.24) is 19.7 Å². The van der Waals surface area contributed by atoms with Gasteiger partial charge in [-0.3, -0.25) is 14.9 Å². The number of anilines is 1. The number of hydrogen-bond donors (Lipinski definition) is 1. The van der Waals surface area contributed by atoms with E-state index < -0.39 is 5.91 Å². The third kappa shape index (κ3) is 4.54. The number of benzene rings is 1. The Bertz CT molecular complexity index is 1400. The Hall–Kier alpha value is -3.55. The molecule has 0 aliphatic heterocycles. The summed E-state index contributed by atoms with van der Waals surface area (Å²) in [6, 6.07) is 12.9. The molecule has 0 radical (unpaired) electrons. The number of amides is 1. The Morgan fingerprint density at radius 3 is 2.72 bits per heavy atom. The van der Waals surface area contributed by atoms with Crippen molar-refractivity contribution in [2.45, 2.75) is 30.5 Å². The van der Waals surface area contributed by atoms with E-state index in [1.165, 1.54) is 29.3 Å². The van der Waals surface area contributed by atoms with Gasteiger partial charge in [-0.05, 0) is 43.7 Å². The fourth-order valence-corrected chi connectivity index (χ4v) is 4.77. The maximum atomic E-state index is 12.9. The van der Waals surface area contributed by atoms with Gasteiger partial charge in [-0.15, -0.1) is 10.2 Å². The summed E-state index contributed by atoms with van der Waals surface area (Å²) in [7, 11) is 0. The molecule has 1 aromatic carbocycles. The zero-order valence-corrected chi connectivity index (χ0v) is 19.0. The molecular weight excluding hydrogens is 444 g/mol. The Morgan fingerprint density at radius 2 is 2.00 bits per heavy atom. The van der Waals surface area contributed by atoms with E-state index in [0.717, 1.165) is 11.3 Å². The molecule has 0 aliphatic carbocycles. The van der Waals surface area contributed by atoms with Gasteiger partial charge in [0.15, 0.2) is 4.34 Å². The quantitative estimate of drug-likeness (QED) is 0.340. The molecule has 1 amide bonds. The van der Waals surface area contributed by atoms with Crippen LogP contribution in [0.15, 0.2) is 51.7 Å². The summed E-state index contributed by atoms with van der Waals surface area (Å²) in [6.07, 6.45) is 1.54. The fraction of sp³-hybridized carbons (Fsp3) is 0.182. The van der Waals surface area contributed by atoms with Gasteiger partial charge < -0.3 is 4.57 Å². The summed E-state index contributed by atoms with van der Waals surface area (Å²) in [5.41, 5.74) is 2.69. The molecule has 3 heterocycles. The molecule has 10 heteroatoms. The maximum absolute atomic E-state index is 12.9. The molecule has 160 valence electrons. The van der Waals surface area contributed by atoms with E-state index in [0.29, 0.717) is 38.4 Å². The Kier molecular flexibility index (Phi) is 6.30. The Balaban J connectivity index is 1.50. The summed E-state index contributed by atoms with van der Waals surface area (Å²) in [6.45, 7) is 4.36. The van der Waals surface area contributed by atoms with E-state index in [9.17, 15) is 9.59 Å². The van der Waals surface area contributed by atoms with Crippen LogP contribution in [0.1, 0.15) is 34.1 Å². The van der Waals surface area contributed by atoms with E-state index in [1.807, 2.05) is 26.0 Å². The average Bonchev–Trinajstić information content (AvgIpc) is 3.25. The minimum absolute atomic E-state index is 0.0342. The third-order valence-electron chi connectivity index (χ3n) is 4.72. The van der Waals surface area contributed by atoms with Gasteiger partial charge in [0.05, 0.1) is 17.0 Å². The van der Waals surface area contributed by atoms with Crippen molar-refractivity contribution in [3.05, 3.63) is 75.2 Å². The van der Waals surface area contributed by atoms with Crippen LogP contribution in [0.2, 0.25) is 0 Å². The molecule has 0 aliphatic rings. The summed E-state index contributed by atoms with van der Waals surface area (Å²) in [5.74, 6) is 0.131. The van der Waals surface area contributed by atoms with Crippen LogP contribution in [-0.4, -0.2) is 25.7 Å². The van der Waals surface area contributed by atoms with Gasteiger partial charge in [0.2, 0.25) is 10.6 Å². The van der Waals surface area contributed by atoms with Gasteiger partial charge in [-0.1, -0.05) is 35.2 Å². The minimum atomic E-state index is -0.528. The number of nitriles is 1. The number of aryl methyl sites for hydroxylation is 2. The minimum Gasteiger partial charge on any atom is -0.332 e. The molecule has 0 saturated carbocycles.